The molecule has 0 spiro atoms. The van der Waals surface area contributed by atoms with Crippen LogP contribution in [0, 0.1) is 0 Å². The van der Waals surface area contributed by atoms with Gasteiger partial charge in [-0.15, -0.1) is 0 Å². The highest BCUT2D eigenvalue weighted by atomic mass is 16.5. The molecular formula is C8H13BN2O3. The van der Waals surface area contributed by atoms with Crippen molar-refractivity contribution in [1.82, 2.24) is 10.1 Å². The van der Waals surface area contributed by atoms with E-state index in [1.807, 2.05) is 0 Å². The van der Waals surface area contributed by atoms with Gasteiger partial charge in [-0.05, 0) is 12.8 Å². The Hall–Kier alpha value is -1.04. The van der Waals surface area contributed by atoms with Crippen LogP contribution in [0.2, 0.25) is 0 Å². The van der Waals surface area contributed by atoms with E-state index in [9.17, 15) is 9.59 Å². The van der Waals surface area contributed by atoms with E-state index in [1.54, 1.807) is 0 Å². The quantitative estimate of drug-likeness (QED) is 0.456. The summed E-state index contributed by atoms with van der Waals surface area (Å²) >= 11 is 0. The number of esters is 1. The number of rotatable bonds is 3. The van der Waals surface area contributed by atoms with Crippen LogP contribution in [0.3, 0.4) is 0 Å². The number of carbonyl (C=O) groups excluding carboxylic acids is 2. The number of carbonyl (C=O) groups is 2. The molecule has 6 heteroatoms. The van der Waals surface area contributed by atoms with Crippen LogP contribution in [0.25, 0.3) is 0 Å². The van der Waals surface area contributed by atoms with Crippen molar-refractivity contribution in [3.05, 3.63) is 0 Å². The van der Waals surface area contributed by atoms with Crippen LogP contribution < -0.4 is 5.23 Å². The van der Waals surface area contributed by atoms with Gasteiger partial charge < -0.3 is 14.9 Å². The minimum Gasteiger partial charge on any atom is -0.467 e. The monoisotopic (exact) mass is 196 g/mol. The second kappa shape index (κ2) is 5.00. The number of likely N-dealkylation sites (tertiary alicyclic amines) is 1. The molecule has 1 aliphatic heterocycles. The molecular weight excluding hydrogens is 183 g/mol. The predicted molar refractivity (Wildman–Crippen MR) is 50.5 cm³/mol. The Kier molecular flexibility index (Phi) is 3.94. The summed E-state index contributed by atoms with van der Waals surface area (Å²) in [5, 5.41) is 2.28. The topological polar surface area (TPSA) is 58.6 Å². The number of hydrogen-bond donors (Lipinski definition) is 1. The summed E-state index contributed by atoms with van der Waals surface area (Å²) in [6.45, 7) is 0.647. The Morgan fingerprint density at radius 2 is 2.36 bits per heavy atom. The van der Waals surface area contributed by atoms with Gasteiger partial charge in [0, 0.05) is 6.54 Å². The third-order valence-electron chi connectivity index (χ3n) is 2.30. The average molecular weight is 196 g/mol. The van der Waals surface area contributed by atoms with E-state index in [4.69, 9.17) is 7.98 Å². The smallest absolute Gasteiger partial charge is 0.328 e. The second-order valence-electron chi connectivity index (χ2n) is 3.15. The normalized spacial score (nSPS) is 20.9. The molecule has 1 rings (SSSR count). The molecule has 5 nitrogen and oxygen atoms in total. The van der Waals surface area contributed by atoms with Crippen LogP contribution in [0.4, 0.5) is 0 Å². The number of nitrogens with one attached hydrogen (secondary N) is 1. The average Bonchev–Trinajstić information content (AvgIpc) is 2.65. The van der Waals surface area contributed by atoms with Crippen LogP contribution in [0.15, 0.2) is 0 Å². The summed E-state index contributed by atoms with van der Waals surface area (Å²) in [6, 6.07) is -0.430. The second-order valence-corrected chi connectivity index (χ2v) is 3.15. The molecule has 1 N–H and O–H groups in total. The Balaban J connectivity index is 2.59. The Bertz CT molecular complexity index is 235. The van der Waals surface area contributed by atoms with Gasteiger partial charge in [0.1, 0.15) is 6.04 Å². The fourth-order valence-electron chi connectivity index (χ4n) is 1.64. The van der Waals surface area contributed by atoms with E-state index in [2.05, 4.69) is 9.96 Å². The van der Waals surface area contributed by atoms with Crippen molar-refractivity contribution in [2.75, 3.05) is 20.2 Å². The fraction of sp³-hybridized carbons (Fsp3) is 0.750. The first-order valence-electron chi connectivity index (χ1n) is 4.51. The zero-order chi connectivity index (χ0) is 10.6. The van der Waals surface area contributed by atoms with E-state index in [1.165, 1.54) is 12.0 Å². The fourth-order valence-corrected chi connectivity index (χ4v) is 1.64. The molecule has 2 radical (unpaired) electrons. The molecule has 1 heterocycles. The van der Waals surface area contributed by atoms with E-state index in [0.717, 1.165) is 6.42 Å². The lowest BCUT2D eigenvalue weighted by Crippen LogP contribution is -2.44. The molecule has 76 valence electrons. The van der Waals surface area contributed by atoms with Crippen molar-refractivity contribution in [2.45, 2.75) is 18.9 Å². The summed E-state index contributed by atoms with van der Waals surface area (Å²) in [7, 11) is 6.36. The van der Waals surface area contributed by atoms with Crippen LogP contribution in [0.1, 0.15) is 12.8 Å². The summed E-state index contributed by atoms with van der Waals surface area (Å²) < 4.78 is 4.61. The Morgan fingerprint density at radius 3 is 2.93 bits per heavy atom. The van der Waals surface area contributed by atoms with Crippen molar-refractivity contribution in [3.63, 3.8) is 0 Å². The van der Waals surface area contributed by atoms with Gasteiger partial charge in [-0.25, -0.2) is 4.79 Å². The molecule has 0 saturated carbocycles. The summed E-state index contributed by atoms with van der Waals surface area (Å²) in [5.41, 5.74) is 0. The number of amides is 1. The largest absolute Gasteiger partial charge is 0.467 e. The van der Waals surface area contributed by atoms with E-state index >= 15 is 0 Å². The van der Waals surface area contributed by atoms with Gasteiger partial charge in [0.05, 0.1) is 13.7 Å². The number of methoxy groups -OCH3 is 1. The number of hydrogen-bond acceptors (Lipinski definition) is 4. The van der Waals surface area contributed by atoms with Gasteiger partial charge in [-0.2, -0.15) is 0 Å². The van der Waals surface area contributed by atoms with E-state index < -0.39 is 6.04 Å². The first kappa shape index (κ1) is 11.0. The highest BCUT2D eigenvalue weighted by Crippen LogP contribution is 2.17. The first-order valence-corrected chi connectivity index (χ1v) is 4.51. The molecule has 0 aliphatic carbocycles. The van der Waals surface area contributed by atoms with Crippen LogP contribution in [-0.2, 0) is 14.3 Å². The maximum atomic E-state index is 11.5. The van der Waals surface area contributed by atoms with Crippen LogP contribution >= 0.6 is 0 Å². The molecule has 0 unspecified atom stereocenters. The SMILES string of the molecule is [B]NCC(=O)N1CCC[C@H]1C(=O)OC. The van der Waals surface area contributed by atoms with Crippen molar-refractivity contribution in [2.24, 2.45) is 0 Å². The van der Waals surface area contributed by atoms with Gasteiger partial charge in [0.2, 0.25) is 5.91 Å². The van der Waals surface area contributed by atoms with Crippen LogP contribution in [0.5, 0.6) is 0 Å². The Labute approximate surface area is 84.2 Å². The van der Waals surface area contributed by atoms with E-state index in [0.29, 0.717) is 13.0 Å². The van der Waals surface area contributed by atoms with Crippen molar-refractivity contribution in [3.8, 4) is 0 Å². The molecule has 1 aliphatic rings. The molecule has 1 atom stereocenters. The van der Waals surface area contributed by atoms with Gasteiger partial charge in [0.25, 0.3) is 0 Å². The maximum Gasteiger partial charge on any atom is 0.328 e. The minimum absolute atomic E-state index is 0.0491. The van der Waals surface area contributed by atoms with Crippen LogP contribution in [-0.4, -0.2) is 51.0 Å². The number of nitrogens with zero attached hydrogens (tertiary/aromatic N) is 1. The molecule has 0 aromatic rings. The van der Waals surface area contributed by atoms with Gasteiger partial charge in [-0.1, -0.05) is 0 Å². The highest BCUT2D eigenvalue weighted by Gasteiger charge is 2.34. The van der Waals surface area contributed by atoms with E-state index in [-0.39, 0.29) is 18.4 Å². The lowest BCUT2D eigenvalue weighted by atomic mass is 10.2. The molecule has 1 saturated heterocycles. The zero-order valence-electron chi connectivity index (χ0n) is 8.16. The molecule has 0 bridgehead atoms. The summed E-state index contributed by atoms with van der Waals surface area (Å²) in [4.78, 5) is 24.2. The first-order chi connectivity index (χ1) is 6.70. The van der Waals surface area contributed by atoms with Crippen molar-refractivity contribution >= 4 is 19.9 Å². The molecule has 14 heavy (non-hydrogen) atoms. The highest BCUT2D eigenvalue weighted by molar-refractivity contribution is 6.06. The standard InChI is InChI=1S/C8H13BN2O3/c1-14-8(13)6-3-2-4-11(6)7(12)5-10-9/h6,10H,2-5H2,1H3/t6-/m0/s1. The summed E-state index contributed by atoms with van der Waals surface area (Å²) in [6.07, 6.45) is 1.50. The van der Waals surface area contributed by atoms with Crippen molar-refractivity contribution in [1.29, 1.82) is 0 Å². The molecule has 0 aromatic carbocycles. The van der Waals surface area contributed by atoms with Gasteiger partial charge in [-0.3, -0.25) is 4.79 Å². The lowest BCUT2D eigenvalue weighted by Gasteiger charge is -2.22. The molecule has 1 fully saturated rings. The zero-order valence-corrected chi connectivity index (χ0v) is 8.16. The molecule has 0 aromatic heterocycles. The van der Waals surface area contributed by atoms with Crippen molar-refractivity contribution < 1.29 is 14.3 Å². The minimum atomic E-state index is -0.430. The lowest BCUT2D eigenvalue weighted by molar-refractivity contribution is -0.150. The summed E-state index contributed by atoms with van der Waals surface area (Å²) in [5.74, 6) is -0.520. The Morgan fingerprint density at radius 1 is 1.64 bits per heavy atom. The predicted octanol–water partition coefficient (Wildman–Crippen LogP) is -1.18. The van der Waals surface area contributed by atoms with Gasteiger partial charge in [0.15, 0.2) is 7.98 Å². The van der Waals surface area contributed by atoms with Gasteiger partial charge >= 0.3 is 5.97 Å². The molecule has 1 amide bonds. The third-order valence-corrected chi connectivity index (χ3v) is 2.30. The third kappa shape index (κ3) is 2.26. The number of ether oxygens (including phenoxy) is 1. The maximum absolute atomic E-state index is 11.5.